The fraction of sp³-hybridized carbons (Fsp3) is 0.667. The van der Waals surface area contributed by atoms with Crippen molar-refractivity contribution in [3.63, 3.8) is 0 Å². The SMILES string of the molecule is C#CCNCC(=O)NC(C)C(=O)NCC(C)C. The fourth-order valence-corrected chi connectivity index (χ4v) is 1.06. The van der Waals surface area contributed by atoms with Crippen molar-refractivity contribution in [3.8, 4) is 12.3 Å². The van der Waals surface area contributed by atoms with Gasteiger partial charge < -0.3 is 10.6 Å². The molecule has 0 aliphatic carbocycles. The molecule has 0 radical (unpaired) electrons. The topological polar surface area (TPSA) is 70.2 Å². The van der Waals surface area contributed by atoms with Crippen LogP contribution < -0.4 is 16.0 Å². The quantitative estimate of drug-likeness (QED) is 0.414. The molecule has 0 bridgehead atoms. The maximum absolute atomic E-state index is 11.5. The molecule has 0 saturated carbocycles. The predicted octanol–water partition coefficient (Wildman–Crippen LogP) is -0.514. The summed E-state index contributed by atoms with van der Waals surface area (Å²) in [4.78, 5) is 22.9. The summed E-state index contributed by atoms with van der Waals surface area (Å²) in [6.07, 6.45) is 5.02. The highest BCUT2D eigenvalue weighted by Gasteiger charge is 2.14. The monoisotopic (exact) mass is 239 g/mol. The lowest BCUT2D eigenvalue weighted by Crippen LogP contribution is -2.47. The number of rotatable bonds is 7. The Balaban J connectivity index is 3.83. The molecule has 0 aromatic carbocycles. The van der Waals surface area contributed by atoms with E-state index in [4.69, 9.17) is 6.42 Å². The van der Waals surface area contributed by atoms with E-state index in [-0.39, 0.29) is 18.4 Å². The Labute approximate surface area is 103 Å². The van der Waals surface area contributed by atoms with Crippen LogP contribution in [-0.2, 0) is 9.59 Å². The highest BCUT2D eigenvalue weighted by molar-refractivity contribution is 5.87. The standard InChI is InChI=1S/C12H21N3O2/c1-5-6-13-8-11(16)15-10(4)12(17)14-7-9(2)3/h1,9-10,13H,6-8H2,2-4H3,(H,14,17)(H,15,16). The molecule has 0 aromatic heterocycles. The van der Waals surface area contributed by atoms with Crippen molar-refractivity contribution in [1.82, 2.24) is 16.0 Å². The molecule has 3 N–H and O–H groups in total. The summed E-state index contributed by atoms with van der Waals surface area (Å²) in [5, 5.41) is 8.08. The lowest BCUT2D eigenvalue weighted by atomic mass is 10.2. The average molecular weight is 239 g/mol. The van der Waals surface area contributed by atoms with E-state index < -0.39 is 6.04 Å². The van der Waals surface area contributed by atoms with E-state index in [0.29, 0.717) is 19.0 Å². The molecule has 17 heavy (non-hydrogen) atoms. The largest absolute Gasteiger partial charge is 0.354 e. The number of carbonyl (C=O) groups excluding carboxylic acids is 2. The Bertz CT molecular complexity index is 295. The van der Waals surface area contributed by atoms with Gasteiger partial charge in [-0.1, -0.05) is 19.8 Å². The van der Waals surface area contributed by atoms with E-state index in [0.717, 1.165) is 0 Å². The van der Waals surface area contributed by atoms with Crippen LogP contribution in [0.1, 0.15) is 20.8 Å². The van der Waals surface area contributed by atoms with Gasteiger partial charge in [0.15, 0.2) is 0 Å². The van der Waals surface area contributed by atoms with Crippen LogP contribution in [0.15, 0.2) is 0 Å². The summed E-state index contributed by atoms with van der Waals surface area (Å²) in [7, 11) is 0. The normalized spacial score (nSPS) is 11.7. The van der Waals surface area contributed by atoms with Crippen LogP contribution in [-0.4, -0.2) is 37.5 Å². The van der Waals surface area contributed by atoms with Gasteiger partial charge in [0.05, 0.1) is 13.1 Å². The van der Waals surface area contributed by atoms with Crippen LogP contribution in [0.25, 0.3) is 0 Å². The van der Waals surface area contributed by atoms with Gasteiger partial charge in [0.2, 0.25) is 11.8 Å². The molecule has 0 aliphatic rings. The molecule has 5 heteroatoms. The Morgan fingerprint density at radius 3 is 2.47 bits per heavy atom. The van der Waals surface area contributed by atoms with Gasteiger partial charge in [0.25, 0.3) is 0 Å². The second-order valence-corrected chi connectivity index (χ2v) is 4.24. The molecule has 5 nitrogen and oxygen atoms in total. The highest BCUT2D eigenvalue weighted by Crippen LogP contribution is 1.89. The van der Waals surface area contributed by atoms with Crippen LogP contribution in [0.4, 0.5) is 0 Å². The number of amides is 2. The zero-order valence-corrected chi connectivity index (χ0v) is 10.7. The average Bonchev–Trinajstić information content (AvgIpc) is 2.26. The van der Waals surface area contributed by atoms with E-state index in [1.807, 2.05) is 13.8 Å². The number of hydrogen-bond acceptors (Lipinski definition) is 3. The van der Waals surface area contributed by atoms with Gasteiger partial charge in [0.1, 0.15) is 6.04 Å². The lowest BCUT2D eigenvalue weighted by Gasteiger charge is -2.15. The second kappa shape index (κ2) is 8.59. The van der Waals surface area contributed by atoms with Crippen molar-refractivity contribution in [1.29, 1.82) is 0 Å². The van der Waals surface area contributed by atoms with Crippen molar-refractivity contribution in [2.75, 3.05) is 19.6 Å². The molecule has 0 aliphatic heterocycles. The van der Waals surface area contributed by atoms with Crippen LogP contribution in [0, 0.1) is 18.3 Å². The van der Waals surface area contributed by atoms with Gasteiger partial charge in [-0.2, -0.15) is 0 Å². The number of hydrogen-bond donors (Lipinski definition) is 3. The minimum atomic E-state index is -0.533. The number of nitrogens with one attached hydrogen (secondary N) is 3. The first-order valence-corrected chi connectivity index (χ1v) is 5.68. The van der Waals surface area contributed by atoms with E-state index in [1.165, 1.54) is 0 Å². The van der Waals surface area contributed by atoms with E-state index in [1.54, 1.807) is 6.92 Å². The predicted molar refractivity (Wildman–Crippen MR) is 67.2 cm³/mol. The van der Waals surface area contributed by atoms with Crippen LogP contribution in [0.2, 0.25) is 0 Å². The minimum absolute atomic E-state index is 0.117. The van der Waals surface area contributed by atoms with Gasteiger partial charge in [-0.25, -0.2) is 0 Å². The molecular weight excluding hydrogens is 218 g/mol. The van der Waals surface area contributed by atoms with Gasteiger partial charge in [-0.3, -0.25) is 14.9 Å². The van der Waals surface area contributed by atoms with Crippen molar-refractivity contribution in [2.45, 2.75) is 26.8 Å². The molecule has 1 unspecified atom stereocenters. The maximum Gasteiger partial charge on any atom is 0.242 e. The Morgan fingerprint density at radius 1 is 1.29 bits per heavy atom. The van der Waals surface area contributed by atoms with E-state index in [2.05, 4.69) is 21.9 Å². The van der Waals surface area contributed by atoms with Crippen molar-refractivity contribution >= 4 is 11.8 Å². The summed E-state index contributed by atoms with van der Waals surface area (Å²) < 4.78 is 0. The Kier molecular flexibility index (Phi) is 7.82. The van der Waals surface area contributed by atoms with E-state index in [9.17, 15) is 9.59 Å². The molecule has 0 spiro atoms. The zero-order chi connectivity index (χ0) is 13.3. The molecule has 1 atom stereocenters. The van der Waals surface area contributed by atoms with Crippen LogP contribution in [0.3, 0.4) is 0 Å². The lowest BCUT2D eigenvalue weighted by molar-refractivity contribution is -0.128. The first-order chi connectivity index (χ1) is 7.97. The molecule has 0 aromatic rings. The maximum atomic E-state index is 11.5. The summed E-state index contributed by atoms with van der Waals surface area (Å²) in [5.74, 6) is 2.33. The summed E-state index contributed by atoms with van der Waals surface area (Å²) in [6, 6.07) is -0.533. The smallest absolute Gasteiger partial charge is 0.242 e. The summed E-state index contributed by atoms with van der Waals surface area (Å²) in [6.45, 7) is 6.72. The van der Waals surface area contributed by atoms with Gasteiger partial charge in [0, 0.05) is 6.54 Å². The summed E-state index contributed by atoms with van der Waals surface area (Å²) in [5.41, 5.74) is 0. The van der Waals surface area contributed by atoms with Crippen molar-refractivity contribution in [2.24, 2.45) is 5.92 Å². The molecular formula is C12H21N3O2. The highest BCUT2D eigenvalue weighted by atomic mass is 16.2. The molecule has 0 saturated heterocycles. The molecule has 2 amide bonds. The van der Waals surface area contributed by atoms with Crippen molar-refractivity contribution < 1.29 is 9.59 Å². The van der Waals surface area contributed by atoms with Crippen LogP contribution in [0.5, 0.6) is 0 Å². The minimum Gasteiger partial charge on any atom is -0.354 e. The van der Waals surface area contributed by atoms with Gasteiger partial charge in [-0.05, 0) is 12.8 Å². The van der Waals surface area contributed by atoms with Gasteiger partial charge >= 0.3 is 0 Å². The Hall–Kier alpha value is -1.54. The number of carbonyl (C=O) groups is 2. The number of terminal acetylenes is 1. The van der Waals surface area contributed by atoms with E-state index >= 15 is 0 Å². The third kappa shape index (κ3) is 8.29. The zero-order valence-electron chi connectivity index (χ0n) is 10.7. The first kappa shape index (κ1) is 15.5. The summed E-state index contributed by atoms with van der Waals surface area (Å²) >= 11 is 0. The van der Waals surface area contributed by atoms with Crippen LogP contribution >= 0.6 is 0 Å². The molecule has 0 heterocycles. The second-order valence-electron chi connectivity index (χ2n) is 4.24. The third-order valence-corrected chi connectivity index (χ3v) is 1.97. The van der Waals surface area contributed by atoms with Crippen molar-refractivity contribution in [3.05, 3.63) is 0 Å². The molecule has 0 fully saturated rings. The fourth-order valence-electron chi connectivity index (χ4n) is 1.06. The van der Waals surface area contributed by atoms with Gasteiger partial charge in [-0.15, -0.1) is 6.42 Å². The molecule has 0 rings (SSSR count). The first-order valence-electron chi connectivity index (χ1n) is 5.68. The Morgan fingerprint density at radius 2 is 1.94 bits per heavy atom. The third-order valence-electron chi connectivity index (χ3n) is 1.97. The molecule has 96 valence electrons.